The van der Waals surface area contributed by atoms with E-state index >= 15 is 0 Å². The van der Waals surface area contributed by atoms with E-state index in [4.69, 9.17) is 4.74 Å². The third kappa shape index (κ3) is 8.06. The second kappa shape index (κ2) is 7.75. The van der Waals surface area contributed by atoms with Gasteiger partial charge >= 0.3 is 5.97 Å². The first-order valence-corrected chi connectivity index (χ1v) is 6.75. The molecule has 0 aliphatic carbocycles. The Labute approximate surface area is 124 Å². The van der Waals surface area contributed by atoms with Gasteiger partial charge in [0.15, 0.2) is 0 Å². The van der Waals surface area contributed by atoms with Crippen LogP contribution in [0.25, 0.3) is 0 Å². The van der Waals surface area contributed by atoms with Crippen LogP contribution >= 0.6 is 0 Å². The molecule has 21 heavy (non-hydrogen) atoms. The molecule has 0 heterocycles. The molecule has 0 aromatic rings. The molecule has 2 N–H and O–H groups in total. The summed E-state index contributed by atoms with van der Waals surface area (Å²) in [7, 11) is 0. The van der Waals surface area contributed by atoms with Crippen molar-refractivity contribution >= 4 is 23.6 Å². The Morgan fingerprint density at radius 2 is 1.62 bits per heavy atom. The number of hydrogen-bond acceptors (Lipinski definition) is 5. The molecule has 0 saturated carbocycles. The van der Waals surface area contributed by atoms with Crippen molar-refractivity contribution in [3.63, 3.8) is 0 Å². The summed E-state index contributed by atoms with van der Waals surface area (Å²) in [6, 6.07) is -0.885. The molecule has 7 nitrogen and oxygen atoms in total. The average molecular weight is 300 g/mol. The SMILES string of the molecule is CC(=O)C(=O)N[C@H](C(=O)NCC(=O)OC(C)(C)C)C(C)C. The quantitative estimate of drug-likeness (QED) is 0.538. The van der Waals surface area contributed by atoms with E-state index < -0.39 is 35.2 Å². The molecule has 0 bridgehead atoms. The molecular formula is C14H24N2O5. The number of nitrogens with one attached hydrogen (secondary N) is 2. The molecule has 0 aliphatic rings. The van der Waals surface area contributed by atoms with Crippen LogP contribution in [-0.2, 0) is 23.9 Å². The van der Waals surface area contributed by atoms with Crippen molar-refractivity contribution in [1.29, 1.82) is 0 Å². The van der Waals surface area contributed by atoms with E-state index in [0.29, 0.717) is 0 Å². The van der Waals surface area contributed by atoms with E-state index in [9.17, 15) is 19.2 Å². The van der Waals surface area contributed by atoms with Crippen LogP contribution in [0.5, 0.6) is 0 Å². The van der Waals surface area contributed by atoms with Crippen molar-refractivity contribution < 1.29 is 23.9 Å². The first-order chi connectivity index (χ1) is 9.44. The Kier molecular flexibility index (Phi) is 7.05. The highest BCUT2D eigenvalue weighted by atomic mass is 16.6. The summed E-state index contributed by atoms with van der Waals surface area (Å²) in [4.78, 5) is 45.8. The van der Waals surface area contributed by atoms with Crippen LogP contribution in [0, 0.1) is 5.92 Å². The Morgan fingerprint density at radius 1 is 1.10 bits per heavy atom. The first-order valence-electron chi connectivity index (χ1n) is 6.75. The fourth-order valence-electron chi connectivity index (χ4n) is 1.42. The van der Waals surface area contributed by atoms with Crippen LogP contribution in [0.2, 0.25) is 0 Å². The van der Waals surface area contributed by atoms with Crippen LogP contribution in [0.3, 0.4) is 0 Å². The minimum Gasteiger partial charge on any atom is -0.459 e. The standard InChI is InChI=1S/C14H24N2O5/c1-8(2)11(16-12(19)9(3)17)13(20)15-7-10(18)21-14(4,5)6/h8,11H,7H2,1-6H3,(H,15,20)(H,16,19)/t11-/m0/s1. The lowest BCUT2D eigenvalue weighted by Crippen LogP contribution is -2.52. The Morgan fingerprint density at radius 3 is 2.00 bits per heavy atom. The number of esters is 1. The fourth-order valence-corrected chi connectivity index (χ4v) is 1.42. The maximum absolute atomic E-state index is 12.0. The molecule has 0 radical (unpaired) electrons. The van der Waals surface area contributed by atoms with Crippen LogP contribution in [0.4, 0.5) is 0 Å². The number of hydrogen-bond donors (Lipinski definition) is 2. The molecule has 0 rings (SSSR count). The average Bonchev–Trinajstić information content (AvgIpc) is 2.29. The lowest BCUT2D eigenvalue weighted by molar-refractivity contribution is -0.154. The summed E-state index contributed by atoms with van der Waals surface area (Å²) in [6.45, 7) is 9.42. The number of ketones is 1. The summed E-state index contributed by atoms with van der Waals surface area (Å²) in [5.74, 6) is -2.85. The van der Waals surface area contributed by atoms with Crippen LogP contribution in [0.1, 0.15) is 41.5 Å². The van der Waals surface area contributed by atoms with Crippen LogP contribution < -0.4 is 10.6 Å². The molecule has 0 aromatic carbocycles. The second-order valence-electron chi connectivity index (χ2n) is 6.06. The molecule has 0 aromatic heterocycles. The van der Waals surface area contributed by atoms with Gasteiger partial charge in [0.05, 0.1) is 0 Å². The van der Waals surface area contributed by atoms with E-state index in [-0.39, 0.29) is 12.5 Å². The van der Waals surface area contributed by atoms with Gasteiger partial charge in [0, 0.05) is 6.92 Å². The van der Waals surface area contributed by atoms with E-state index in [1.807, 2.05) is 0 Å². The molecular weight excluding hydrogens is 276 g/mol. The van der Waals surface area contributed by atoms with Gasteiger partial charge in [0.1, 0.15) is 18.2 Å². The molecule has 0 unspecified atom stereocenters. The zero-order chi connectivity index (χ0) is 16.8. The van der Waals surface area contributed by atoms with Crippen molar-refractivity contribution in [3.8, 4) is 0 Å². The van der Waals surface area contributed by atoms with Gasteiger partial charge in [-0.25, -0.2) is 0 Å². The normalized spacial score (nSPS) is 12.5. The van der Waals surface area contributed by atoms with Crippen molar-refractivity contribution in [2.45, 2.75) is 53.2 Å². The topological polar surface area (TPSA) is 102 Å². The fraction of sp³-hybridized carbons (Fsp3) is 0.714. The lowest BCUT2D eigenvalue weighted by atomic mass is 10.0. The molecule has 0 aliphatic heterocycles. The van der Waals surface area contributed by atoms with Gasteiger partial charge in [-0.15, -0.1) is 0 Å². The Bertz CT molecular complexity index is 424. The Balaban J connectivity index is 4.54. The molecule has 2 amide bonds. The van der Waals surface area contributed by atoms with Gasteiger partial charge in [-0.2, -0.15) is 0 Å². The number of Topliss-reactive ketones (excluding diaryl/α,β-unsaturated/α-hetero) is 1. The maximum Gasteiger partial charge on any atom is 0.325 e. The number of rotatable bonds is 6. The Hall–Kier alpha value is -1.92. The highest BCUT2D eigenvalue weighted by Crippen LogP contribution is 2.06. The number of amides is 2. The zero-order valence-electron chi connectivity index (χ0n) is 13.4. The summed E-state index contributed by atoms with van der Waals surface area (Å²) >= 11 is 0. The van der Waals surface area contributed by atoms with Gasteiger partial charge in [0.2, 0.25) is 11.7 Å². The minimum absolute atomic E-state index is 0.230. The molecule has 0 fully saturated rings. The second-order valence-corrected chi connectivity index (χ2v) is 6.06. The van der Waals surface area contributed by atoms with Crippen LogP contribution in [-0.4, -0.2) is 41.8 Å². The monoisotopic (exact) mass is 300 g/mol. The van der Waals surface area contributed by atoms with E-state index in [2.05, 4.69) is 10.6 Å². The van der Waals surface area contributed by atoms with E-state index in [1.54, 1.807) is 34.6 Å². The van der Waals surface area contributed by atoms with Gasteiger partial charge in [-0.05, 0) is 26.7 Å². The molecule has 0 saturated heterocycles. The molecule has 1 atom stereocenters. The number of ether oxygens (including phenoxy) is 1. The van der Waals surface area contributed by atoms with Gasteiger partial charge in [0.25, 0.3) is 5.91 Å². The lowest BCUT2D eigenvalue weighted by Gasteiger charge is -2.22. The highest BCUT2D eigenvalue weighted by molar-refractivity contribution is 6.35. The summed E-state index contributed by atoms with van der Waals surface area (Å²) in [5.41, 5.74) is -0.637. The molecule has 7 heteroatoms. The largest absolute Gasteiger partial charge is 0.459 e. The predicted octanol–water partition coefficient (Wildman–Crippen LogP) is 0.174. The predicted molar refractivity (Wildman–Crippen MR) is 76.3 cm³/mol. The summed E-state index contributed by atoms with van der Waals surface area (Å²) in [6.07, 6.45) is 0. The van der Waals surface area contributed by atoms with Crippen molar-refractivity contribution in [2.24, 2.45) is 5.92 Å². The minimum atomic E-state index is -0.885. The number of carbonyl (C=O) groups is 4. The molecule has 0 spiro atoms. The number of carbonyl (C=O) groups excluding carboxylic acids is 4. The smallest absolute Gasteiger partial charge is 0.325 e. The third-order valence-corrected chi connectivity index (χ3v) is 2.38. The summed E-state index contributed by atoms with van der Waals surface area (Å²) in [5, 5.41) is 4.73. The van der Waals surface area contributed by atoms with Crippen molar-refractivity contribution in [2.75, 3.05) is 6.54 Å². The summed E-state index contributed by atoms with van der Waals surface area (Å²) < 4.78 is 5.05. The highest BCUT2D eigenvalue weighted by Gasteiger charge is 2.26. The first kappa shape index (κ1) is 19.1. The third-order valence-electron chi connectivity index (χ3n) is 2.38. The molecule has 120 valence electrons. The van der Waals surface area contributed by atoms with Gasteiger partial charge < -0.3 is 15.4 Å². The van der Waals surface area contributed by atoms with E-state index in [1.165, 1.54) is 0 Å². The van der Waals surface area contributed by atoms with Crippen molar-refractivity contribution in [1.82, 2.24) is 10.6 Å². The van der Waals surface area contributed by atoms with Gasteiger partial charge in [-0.1, -0.05) is 13.8 Å². The van der Waals surface area contributed by atoms with Crippen LogP contribution in [0.15, 0.2) is 0 Å². The van der Waals surface area contributed by atoms with E-state index in [0.717, 1.165) is 6.92 Å². The maximum atomic E-state index is 12.0. The van der Waals surface area contributed by atoms with Crippen molar-refractivity contribution in [3.05, 3.63) is 0 Å². The zero-order valence-corrected chi connectivity index (χ0v) is 13.4. The van der Waals surface area contributed by atoms with Gasteiger partial charge in [-0.3, -0.25) is 19.2 Å².